The van der Waals surface area contributed by atoms with E-state index in [-0.39, 0.29) is 5.91 Å². The van der Waals surface area contributed by atoms with Crippen LogP contribution >= 0.6 is 0 Å². The summed E-state index contributed by atoms with van der Waals surface area (Å²) in [6.45, 7) is 6.30. The molecule has 1 aromatic heterocycles. The molecule has 2 N–H and O–H groups in total. The number of hydrogen-bond acceptors (Lipinski definition) is 6. The summed E-state index contributed by atoms with van der Waals surface area (Å²) in [6, 6.07) is 21.1. The molecule has 1 atom stereocenters. The lowest BCUT2D eigenvalue weighted by atomic mass is 9.94. The van der Waals surface area contributed by atoms with Crippen LogP contribution in [0.2, 0.25) is 0 Å². The highest BCUT2D eigenvalue weighted by Gasteiger charge is 2.34. The van der Waals surface area contributed by atoms with E-state index in [2.05, 4.69) is 20.7 Å². The first-order valence-electron chi connectivity index (χ1n) is 12.0. The number of benzene rings is 3. The van der Waals surface area contributed by atoms with Crippen molar-refractivity contribution in [2.75, 3.05) is 17.7 Å². The van der Waals surface area contributed by atoms with Crippen molar-refractivity contribution < 1.29 is 14.3 Å². The monoisotopic (exact) mass is 495 g/mol. The largest absolute Gasteiger partial charge is 0.493 e. The Morgan fingerprint density at radius 3 is 2.59 bits per heavy atom. The number of hydrogen-bond donors (Lipinski definition) is 2. The molecule has 0 fully saturated rings. The van der Waals surface area contributed by atoms with Gasteiger partial charge in [-0.1, -0.05) is 54.1 Å². The van der Waals surface area contributed by atoms with E-state index in [0.717, 1.165) is 27.9 Å². The van der Waals surface area contributed by atoms with Crippen LogP contribution in [0.5, 0.6) is 11.5 Å². The van der Waals surface area contributed by atoms with Gasteiger partial charge in [-0.15, -0.1) is 0 Å². The Morgan fingerprint density at radius 2 is 1.84 bits per heavy atom. The van der Waals surface area contributed by atoms with E-state index < -0.39 is 6.04 Å². The van der Waals surface area contributed by atoms with Gasteiger partial charge in [-0.3, -0.25) is 4.79 Å². The van der Waals surface area contributed by atoms with E-state index in [1.807, 2.05) is 87.5 Å². The van der Waals surface area contributed by atoms with Crippen LogP contribution in [0.3, 0.4) is 0 Å². The predicted molar refractivity (Wildman–Crippen MR) is 143 cm³/mol. The standard InChI is InChI=1S/C29H29N5O3/c1-18-10-12-23(19(2)14-18)33-28(35)26-20(3)32-29-30-17-31-34(29)27(26)22-11-13-24(25(15-22)36-4)37-16-21-8-6-5-7-9-21/h5-15,17,27H,16H2,1-4H3,(H,33,35)(H,30,31,32). The molecule has 0 saturated heterocycles. The van der Waals surface area contributed by atoms with Gasteiger partial charge in [0.15, 0.2) is 11.5 Å². The zero-order valence-corrected chi connectivity index (χ0v) is 21.3. The Balaban J connectivity index is 1.49. The quantitative estimate of drug-likeness (QED) is 0.356. The van der Waals surface area contributed by atoms with Crippen LogP contribution in [-0.4, -0.2) is 27.8 Å². The predicted octanol–water partition coefficient (Wildman–Crippen LogP) is 5.41. The second-order valence-electron chi connectivity index (χ2n) is 9.05. The van der Waals surface area contributed by atoms with Crippen LogP contribution in [0.25, 0.3) is 0 Å². The fraction of sp³-hybridized carbons (Fsp3) is 0.207. The number of ether oxygens (including phenoxy) is 2. The molecule has 1 unspecified atom stereocenters. The van der Waals surface area contributed by atoms with Gasteiger partial charge in [-0.05, 0) is 55.7 Å². The van der Waals surface area contributed by atoms with Crippen LogP contribution in [-0.2, 0) is 11.4 Å². The topological polar surface area (TPSA) is 90.3 Å². The van der Waals surface area contributed by atoms with Gasteiger partial charge in [0, 0.05) is 11.4 Å². The van der Waals surface area contributed by atoms with Gasteiger partial charge in [0.2, 0.25) is 5.95 Å². The number of anilines is 2. The molecular weight excluding hydrogens is 466 g/mol. The fourth-order valence-corrected chi connectivity index (χ4v) is 4.55. The summed E-state index contributed by atoms with van der Waals surface area (Å²) >= 11 is 0. The normalized spacial score (nSPS) is 14.5. The lowest BCUT2D eigenvalue weighted by Gasteiger charge is -2.29. The molecular formula is C29H29N5O3. The Bertz CT molecular complexity index is 1480. The van der Waals surface area contributed by atoms with E-state index in [4.69, 9.17) is 9.47 Å². The Labute approximate surface area is 216 Å². The molecule has 1 amide bonds. The van der Waals surface area contributed by atoms with Crippen LogP contribution in [0, 0.1) is 13.8 Å². The third-order valence-corrected chi connectivity index (χ3v) is 6.41. The smallest absolute Gasteiger partial charge is 0.255 e. The van der Waals surface area contributed by atoms with Gasteiger partial charge in [0.1, 0.15) is 19.0 Å². The Hall–Kier alpha value is -4.59. The SMILES string of the molecule is COc1cc(C2C(C(=O)Nc3ccc(C)cc3C)=C(C)Nc3ncnn32)ccc1OCc1ccccc1. The number of nitrogens with one attached hydrogen (secondary N) is 2. The minimum atomic E-state index is -0.512. The van der Waals surface area contributed by atoms with Crippen molar-refractivity contribution >= 4 is 17.5 Å². The van der Waals surface area contributed by atoms with Crippen molar-refractivity contribution in [1.29, 1.82) is 0 Å². The van der Waals surface area contributed by atoms with E-state index in [1.165, 1.54) is 6.33 Å². The number of carbonyl (C=O) groups excluding carboxylic acids is 1. The maximum atomic E-state index is 13.7. The molecule has 0 saturated carbocycles. The first-order valence-corrected chi connectivity index (χ1v) is 12.0. The first kappa shape index (κ1) is 24.1. The summed E-state index contributed by atoms with van der Waals surface area (Å²) in [5, 5.41) is 10.7. The van der Waals surface area contributed by atoms with E-state index in [1.54, 1.807) is 11.8 Å². The van der Waals surface area contributed by atoms with Crippen molar-refractivity contribution in [3.63, 3.8) is 0 Å². The molecule has 8 heteroatoms. The molecule has 4 aromatic rings. The number of nitrogens with zero attached hydrogens (tertiary/aromatic N) is 3. The van der Waals surface area contributed by atoms with E-state index in [0.29, 0.717) is 35.3 Å². The molecule has 1 aliphatic rings. The molecule has 2 heterocycles. The van der Waals surface area contributed by atoms with Crippen molar-refractivity contribution in [3.8, 4) is 11.5 Å². The number of carbonyl (C=O) groups is 1. The van der Waals surface area contributed by atoms with Crippen molar-refractivity contribution in [2.45, 2.75) is 33.4 Å². The third-order valence-electron chi connectivity index (χ3n) is 6.41. The highest BCUT2D eigenvalue weighted by molar-refractivity contribution is 6.06. The number of rotatable bonds is 7. The maximum Gasteiger partial charge on any atom is 0.255 e. The summed E-state index contributed by atoms with van der Waals surface area (Å²) in [4.78, 5) is 18.0. The van der Waals surface area contributed by atoms with Gasteiger partial charge in [0.25, 0.3) is 5.91 Å². The number of allylic oxidation sites excluding steroid dienone is 1. The highest BCUT2D eigenvalue weighted by atomic mass is 16.5. The zero-order valence-electron chi connectivity index (χ0n) is 21.3. The molecule has 0 spiro atoms. The summed E-state index contributed by atoms with van der Waals surface area (Å²) in [7, 11) is 1.60. The van der Waals surface area contributed by atoms with Crippen LogP contribution < -0.4 is 20.1 Å². The van der Waals surface area contributed by atoms with Gasteiger partial charge in [-0.2, -0.15) is 10.1 Å². The van der Waals surface area contributed by atoms with Crippen LogP contribution in [0.4, 0.5) is 11.6 Å². The number of methoxy groups -OCH3 is 1. The number of aryl methyl sites for hydroxylation is 2. The maximum absolute atomic E-state index is 13.7. The minimum absolute atomic E-state index is 0.216. The average Bonchev–Trinajstić information content (AvgIpc) is 3.36. The number of aromatic nitrogens is 3. The van der Waals surface area contributed by atoms with Gasteiger partial charge < -0.3 is 20.1 Å². The minimum Gasteiger partial charge on any atom is -0.493 e. The van der Waals surface area contributed by atoms with Crippen LogP contribution in [0.15, 0.2) is 84.3 Å². The molecule has 0 radical (unpaired) electrons. The van der Waals surface area contributed by atoms with E-state index >= 15 is 0 Å². The molecule has 3 aromatic carbocycles. The second-order valence-corrected chi connectivity index (χ2v) is 9.05. The Kier molecular flexibility index (Phi) is 6.64. The lowest BCUT2D eigenvalue weighted by Crippen LogP contribution is -2.31. The number of amides is 1. The summed E-state index contributed by atoms with van der Waals surface area (Å²) < 4.78 is 13.4. The summed E-state index contributed by atoms with van der Waals surface area (Å²) in [6.07, 6.45) is 1.47. The highest BCUT2D eigenvalue weighted by Crippen LogP contribution is 2.39. The number of fused-ring (bicyclic) bond motifs is 1. The van der Waals surface area contributed by atoms with E-state index in [9.17, 15) is 4.79 Å². The second kappa shape index (κ2) is 10.2. The van der Waals surface area contributed by atoms with Gasteiger partial charge in [-0.25, -0.2) is 4.68 Å². The lowest BCUT2D eigenvalue weighted by molar-refractivity contribution is -0.113. The molecule has 0 bridgehead atoms. The molecule has 1 aliphatic heterocycles. The van der Waals surface area contributed by atoms with Gasteiger partial charge >= 0.3 is 0 Å². The fourth-order valence-electron chi connectivity index (χ4n) is 4.55. The summed E-state index contributed by atoms with van der Waals surface area (Å²) in [5.74, 6) is 1.53. The third kappa shape index (κ3) is 4.91. The van der Waals surface area contributed by atoms with Crippen LogP contribution in [0.1, 0.15) is 35.2 Å². The Morgan fingerprint density at radius 1 is 1.03 bits per heavy atom. The average molecular weight is 496 g/mol. The zero-order chi connectivity index (χ0) is 25.9. The molecule has 0 aliphatic carbocycles. The van der Waals surface area contributed by atoms with Gasteiger partial charge in [0.05, 0.1) is 12.7 Å². The summed E-state index contributed by atoms with van der Waals surface area (Å²) in [5.41, 5.74) is 6.02. The molecule has 188 valence electrons. The van der Waals surface area contributed by atoms with Crippen molar-refractivity contribution in [1.82, 2.24) is 14.8 Å². The first-order chi connectivity index (χ1) is 17.9. The van der Waals surface area contributed by atoms with Crippen molar-refractivity contribution in [3.05, 3.63) is 107 Å². The molecule has 8 nitrogen and oxygen atoms in total. The molecule has 5 rings (SSSR count). The molecule has 37 heavy (non-hydrogen) atoms. The van der Waals surface area contributed by atoms with Crippen molar-refractivity contribution in [2.24, 2.45) is 0 Å².